The molecular formula is C16H21F3N2O3S2. The zero-order valence-corrected chi connectivity index (χ0v) is 15.9. The molecule has 2 rings (SSSR count). The topological polar surface area (TPSA) is 66.5 Å². The summed E-state index contributed by atoms with van der Waals surface area (Å²) < 4.78 is 63.8. The van der Waals surface area contributed by atoms with Crippen LogP contribution in [-0.4, -0.2) is 50.1 Å². The van der Waals surface area contributed by atoms with Crippen LogP contribution in [0.1, 0.15) is 18.4 Å². The molecule has 1 amide bonds. The summed E-state index contributed by atoms with van der Waals surface area (Å²) >= 11 is -0.350. The Bertz CT molecular complexity index is 721. The van der Waals surface area contributed by atoms with Crippen LogP contribution >= 0.6 is 11.8 Å². The number of rotatable bonds is 6. The molecule has 0 radical (unpaired) electrons. The maximum Gasteiger partial charge on any atom is 0.442 e. The van der Waals surface area contributed by atoms with E-state index < -0.39 is 27.2 Å². The Labute approximate surface area is 155 Å². The molecule has 1 saturated heterocycles. The number of amides is 1. The first-order valence-electron chi connectivity index (χ1n) is 8.11. The molecule has 1 aromatic rings. The van der Waals surface area contributed by atoms with Gasteiger partial charge in [-0.1, -0.05) is 17.7 Å². The molecule has 0 aromatic heterocycles. The van der Waals surface area contributed by atoms with Crippen molar-refractivity contribution in [3.05, 3.63) is 29.8 Å². The first-order valence-corrected chi connectivity index (χ1v) is 10.6. The van der Waals surface area contributed by atoms with Gasteiger partial charge < -0.3 is 4.90 Å². The first-order chi connectivity index (χ1) is 12.1. The molecule has 0 spiro atoms. The third kappa shape index (κ3) is 6.48. The number of nitrogens with zero attached hydrogens (tertiary/aromatic N) is 1. The molecule has 1 N–H and O–H groups in total. The summed E-state index contributed by atoms with van der Waals surface area (Å²) in [4.78, 5) is 13.5. The molecule has 1 fully saturated rings. The standard InChI is InChI=1S/C16H21F3N2O3S2/c1-12-4-6-14(7-5-12)26(23,24)20-9-13-3-2-8-21(10-13)15(22)11-25-16(17,18)19/h4-7,13,20H,2-3,8-11H2,1H3. The Kier molecular flexibility index (Phi) is 6.98. The monoisotopic (exact) mass is 410 g/mol. The molecule has 1 aliphatic rings. The second kappa shape index (κ2) is 8.62. The van der Waals surface area contributed by atoms with Gasteiger partial charge in [0, 0.05) is 19.6 Å². The molecule has 146 valence electrons. The smallest absolute Gasteiger partial charge is 0.342 e. The number of piperidine rings is 1. The van der Waals surface area contributed by atoms with E-state index in [4.69, 9.17) is 0 Å². The lowest BCUT2D eigenvalue weighted by Gasteiger charge is -2.33. The van der Waals surface area contributed by atoms with E-state index in [1.165, 1.54) is 17.0 Å². The van der Waals surface area contributed by atoms with Gasteiger partial charge in [0.1, 0.15) is 0 Å². The molecule has 0 bridgehead atoms. The molecule has 1 aromatic carbocycles. The second-order valence-corrected chi connectivity index (χ2v) is 9.05. The van der Waals surface area contributed by atoms with Gasteiger partial charge in [-0.2, -0.15) is 13.2 Å². The molecule has 1 heterocycles. The fourth-order valence-corrected chi connectivity index (χ4v) is 4.31. The molecule has 5 nitrogen and oxygen atoms in total. The van der Waals surface area contributed by atoms with Crippen molar-refractivity contribution in [2.24, 2.45) is 5.92 Å². The van der Waals surface area contributed by atoms with Gasteiger partial charge >= 0.3 is 5.51 Å². The van der Waals surface area contributed by atoms with Crippen LogP contribution in [-0.2, 0) is 14.8 Å². The molecule has 1 aliphatic heterocycles. The lowest BCUT2D eigenvalue weighted by Crippen LogP contribution is -2.44. The van der Waals surface area contributed by atoms with Crippen molar-refractivity contribution in [2.45, 2.75) is 30.2 Å². The number of carbonyl (C=O) groups is 1. The fourth-order valence-electron chi connectivity index (χ4n) is 2.72. The normalized spacial score (nSPS) is 18.8. The van der Waals surface area contributed by atoms with Crippen LogP contribution in [0.25, 0.3) is 0 Å². The van der Waals surface area contributed by atoms with Crippen LogP contribution in [0, 0.1) is 12.8 Å². The summed E-state index contributed by atoms with van der Waals surface area (Å²) in [5, 5.41) is 0. The number of sulfonamides is 1. The molecular weight excluding hydrogens is 389 g/mol. The Morgan fingerprint density at radius 2 is 1.96 bits per heavy atom. The van der Waals surface area contributed by atoms with Crippen molar-refractivity contribution in [3.8, 4) is 0 Å². The van der Waals surface area contributed by atoms with Crippen molar-refractivity contribution in [1.29, 1.82) is 0 Å². The number of nitrogens with one attached hydrogen (secondary N) is 1. The number of alkyl halides is 3. The molecule has 26 heavy (non-hydrogen) atoms. The van der Waals surface area contributed by atoms with Crippen LogP contribution in [0.5, 0.6) is 0 Å². The third-order valence-electron chi connectivity index (χ3n) is 4.12. The largest absolute Gasteiger partial charge is 0.442 e. The maximum absolute atomic E-state index is 12.3. The summed E-state index contributed by atoms with van der Waals surface area (Å²) in [7, 11) is -3.65. The highest BCUT2D eigenvalue weighted by molar-refractivity contribution is 8.00. The highest BCUT2D eigenvalue weighted by Crippen LogP contribution is 2.30. The van der Waals surface area contributed by atoms with E-state index in [-0.39, 0.29) is 35.7 Å². The Morgan fingerprint density at radius 3 is 2.58 bits per heavy atom. The van der Waals surface area contributed by atoms with E-state index in [2.05, 4.69) is 4.72 Å². The van der Waals surface area contributed by atoms with Crippen LogP contribution < -0.4 is 4.72 Å². The molecule has 0 saturated carbocycles. The zero-order valence-electron chi connectivity index (χ0n) is 14.3. The van der Waals surface area contributed by atoms with E-state index >= 15 is 0 Å². The molecule has 1 atom stereocenters. The summed E-state index contributed by atoms with van der Waals surface area (Å²) in [6.07, 6.45) is 1.35. The Hall–Kier alpha value is -1.26. The summed E-state index contributed by atoms with van der Waals surface area (Å²) in [5.41, 5.74) is -3.49. The number of benzene rings is 1. The number of aryl methyl sites for hydroxylation is 1. The fraction of sp³-hybridized carbons (Fsp3) is 0.562. The van der Waals surface area contributed by atoms with Gasteiger partial charge in [-0.15, -0.1) is 0 Å². The number of thioether (sulfide) groups is 1. The van der Waals surface area contributed by atoms with E-state index in [1.54, 1.807) is 12.1 Å². The zero-order chi connectivity index (χ0) is 19.4. The van der Waals surface area contributed by atoms with E-state index in [0.29, 0.717) is 19.4 Å². The number of likely N-dealkylation sites (tertiary alicyclic amines) is 1. The highest BCUT2D eigenvalue weighted by atomic mass is 32.2. The van der Waals surface area contributed by atoms with Gasteiger partial charge in [0.25, 0.3) is 0 Å². The van der Waals surface area contributed by atoms with Crippen LogP contribution in [0.4, 0.5) is 13.2 Å². The minimum Gasteiger partial charge on any atom is -0.342 e. The van der Waals surface area contributed by atoms with Crippen molar-refractivity contribution >= 4 is 27.7 Å². The second-order valence-electron chi connectivity index (χ2n) is 6.25. The molecule has 10 heteroatoms. The number of halogens is 3. The lowest BCUT2D eigenvalue weighted by molar-refractivity contribution is -0.130. The Morgan fingerprint density at radius 1 is 1.31 bits per heavy atom. The first kappa shape index (κ1) is 21.0. The van der Waals surface area contributed by atoms with Crippen molar-refractivity contribution < 1.29 is 26.4 Å². The SMILES string of the molecule is Cc1ccc(S(=O)(=O)NCC2CCCN(C(=O)CSC(F)(F)F)C2)cc1. The number of carbonyl (C=O) groups excluding carboxylic acids is 1. The predicted molar refractivity (Wildman–Crippen MR) is 94.2 cm³/mol. The van der Waals surface area contributed by atoms with Gasteiger partial charge in [-0.05, 0) is 49.6 Å². The quantitative estimate of drug-likeness (QED) is 0.783. The van der Waals surface area contributed by atoms with Gasteiger partial charge in [0.05, 0.1) is 10.6 Å². The summed E-state index contributed by atoms with van der Waals surface area (Å²) in [6, 6.07) is 6.44. The minimum absolute atomic E-state index is 0.121. The predicted octanol–water partition coefficient (Wildman–Crippen LogP) is 2.76. The van der Waals surface area contributed by atoms with E-state index in [1.807, 2.05) is 6.92 Å². The number of hydrogen-bond acceptors (Lipinski definition) is 4. The van der Waals surface area contributed by atoms with E-state index in [0.717, 1.165) is 5.56 Å². The van der Waals surface area contributed by atoms with Gasteiger partial charge in [-0.3, -0.25) is 4.79 Å². The van der Waals surface area contributed by atoms with Gasteiger partial charge in [0.2, 0.25) is 15.9 Å². The summed E-state index contributed by atoms with van der Waals surface area (Å²) in [6.45, 7) is 2.66. The van der Waals surface area contributed by atoms with Gasteiger partial charge in [-0.25, -0.2) is 13.1 Å². The average Bonchev–Trinajstić information content (AvgIpc) is 2.58. The summed E-state index contributed by atoms with van der Waals surface area (Å²) in [5.74, 6) is -1.34. The number of hydrogen-bond donors (Lipinski definition) is 1. The molecule has 0 aliphatic carbocycles. The maximum atomic E-state index is 12.3. The lowest BCUT2D eigenvalue weighted by atomic mass is 9.98. The van der Waals surface area contributed by atoms with Gasteiger partial charge in [0.15, 0.2) is 0 Å². The highest BCUT2D eigenvalue weighted by Gasteiger charge is 2.32. The van der Waals surface area contributed by atoms with Crippen molar-refractivity contribution in [3.63, 3.8) is 0 Å². The van der Waals surface area contributed by atoms with Crippen LogP contribution in [0.2, 0.25) is 0 Å². The average molecular weight is 410 g/mol. The van der Waals surface area contributed by atoms with Crippen LogP contribution in [0.15, 0.2) is 29.2 Å². The van der Waals surface area contributed by atoms with Crippen molar-refractivity contribution in [1.82, 2.24) is 9.62 Å². The molecule has 1 unspecified atom stereocenters. The third-order valence-corrected chi connectivity index (χ3v) is 6.28. The Balaban J connectivity index is 1.88. The van der Waals surface area contributed by atoms with Crippen molar-refractivity contribution in [2.75, 3.05) is 25.4 Å². The van der Waals surface area contributed by atoms with Crippen LogP contribution in [0.3, 0.4) is 0 Å². The van der Waals surface area contributed by atoms with E-state index in [9.17, 15) is 26.4 Å². The minimum atomic E-state index is -4.44.